The first kappa shape index (κ1) is 20.4. The molecule has 156 valence electrons. The average molecular weight is 425 g/mol. The van der Waals surface area contributed by atoms with E-state index in [1.807, 2.05) is 60.4 Å². The van der Waals surface area contributed by atoms with Gasteiger partial charge in [0.2, 0.25) is 5.91 Å². The molecule has 1 amide bonds. The molecule has 1 aromatic heterocycles. The summed E-state index contributed by atoms with van der Waals surface area (Å²) in [4.78, 5) is 32.5. The molecule has 0 aliphatic carbocycles. The molecule has 4 rings (SSSR count). The Balaban J connectivity index is 1.51. The lowest BCUT2D eigenvalue weighted by Crippen LogP contribution is -2.45. The predicted octanol–water partition coefficient (Wildman–Crippen LogP) is 3.60. The lowest BCUT2D eigenvalue weighted by atomic mass is 9.97. The van der Waals surface area contributed by atoms with Crippen molar-refractivity contribution in [2.45, 2.75) is 32.9 Å². The first-order chi connectivity index (χ1) is 14.6. The average Bonchev–Trinajstić information content (AvgIpc) is 2.78. The van der Waals surface area contributed by atoms with E-state index in [9.17, 15) is 9.59 Å². The maximum Gasteiger partial charge on any atom is 0.293 e. The first-order valence-electron chi connectivity index (χ1n) is 10.3. The lowest BCUT2D eigenvalue weighted by Gasteiger charge is -2.32. The number of aromatic nitrogens is 2. The number of hydrogen-bond donors (Lipinski definition) is 1. The Morgan fingerprint density at radius 3 is 2.73 bits per heavy atom. The lowest BCUT2D eigenvalue weighted by molar-refractivity contribution is -0.125. The van der Waals surface area contributed by atoms with E-state index in [1.54, 1.807) is 4.57 Å². The number of rotatable bonds is 5. The normalized spacial score (nSPS) is 16.6. The summed E-state index contributed by atoms with van der Waals surface area (Å²) < 4.78 is 1.75. The van der Waals surface area contributed by atoms with Crippen LogP contribution in [0.15, 0.2) is 53.3 Å². The number of piperidine rings is 1. The summed E-state index contributed by atoms with van der Waals surface area (Å²) in [5, 5.41) is 3.69. The minimum absolute atomic E-state index is 0.00579. The van der Waals surface area contributed by atoms with Gasteiger partial charge in [0, 0.05) is 31.2 Å². The van der Waals surface area contributed by atoms with Gasteiger partial charge >= 0.3 is 0 Å². The Hall–Kier alpha value is -2.86. The summed E-state index contributed by atoms with van der Waals surface area (Å²) in [6.07, 6.45) is 1.65. The van der Waals surface area contributed by atoms with Crippen LogP contribution in [0.3, 0.4) is 0 Å². The minimum atomic E-state index is -0.172. The molecular formula is C23H25ClN4O2. The second-order valence-corrected chi connectivity index (χ2v) is 8.04. The molecular weight excluding hydrogens is 400 g/mol. The van der Waals surface area contributed by atoms with E-state index >= 15 is 0 Å². The van der Waals surface area contributed by atoms with Crippen LogP contribution in [0.25, 0.3) is 11.0 Å². The van der Waals surface area contributed by atoms with Gasteiger partial charge in [0.25, 0.3) is 5.56 Å². The highest BCUT2D eigenvalue weighted by Crippen LogP contribution is 2.22. The number of anilines is 1. The fourth-order valence-corrected chi connectivity index (χ4v) is 4.14. The Morgan fingerprint density at radius 1 is 1.20 bits per heavy atom. The first-order valence-corrected chi connectivity index (χ1v) is 10.7. The van der Waals surface area contributed by atoms with Crippen molar-refractivity contribution in [3.05, 3.63) is 69.5 Å². The molecule has 0 saturated carbocycles. The molecule has 0 bridgehead atoms. The van der Waals surface area contributed by atoms with Gasteiger partial charge in [-0.25, -0.2) is 4.98 Å². The van der Waals surface area contributed by atoms with Crippen LogP contribution in [0.2, 0.25) is 5.02 Å². The van der Waals surface area contributed by atoms with Crippen LogP contribution >= 0.6 is 11.6 Å². The van der Waals surface area contributed by atoms with Crippen molar-refractivity contribution in [2.24, 2.45) is 5.92 Å². The monoisotopic (exact) mass is 424 g/mol. The van der Waals surface area contributed by atoms with Crippen LogP contribution in [-0.4, -0.2) is 28.5 Å². The molecule has 6 nitrogen and oxygen atoms in total. The SMILES string of the molecule is CCn1c(=O)c(N2CCC[C@@H](C(=O)NCc3ccc(Cl)cc3)C2)nc2ccccc21. The molecule has 0 spiro atoms. The van der Waals surface area contributed by atoms with Crippen LogP contribution in [0.1, 0.15) is 25.3 Å². The number of nitrogens with zero attached hydrogens (tertiary/aromatic N) is 3. The molecule has 7 heteroatoms. The summed E-state index contributed by atoms with van der Waals surface area (Å²) in [7, 11) is 0. The van der Waals surface area contributed by atoms with Gasteiger partial charge in [0.05, 0.1) is 17.0 Å². The minimum Gasteiger partial charge on any atom is -0.352 e. The second-order valence-electron chi connectivity index (χ2n) is 7.60. The number of carbonyl (C=O) groups is 1. The van der Waals surface area contributed by atoms with Gasteiger partial charge in [-0.2, -0.15) is 0 Å². The third kappa shape index (κ3) is 4.19. The highest BCUT2D eigenvalue weighted by Gasteiger charge is 2.28. The van der Waals surface area contributed by atoms with E-state index in [-0.39, 0.29) is 17.4 Å². The van der Waals surface area contributed by atoms with Crippen molar-refractivity contribution in [3.63, 3.8) is 0 Å². The van der Waals surface area contributed by atoms with Crippen LogP contribution in [0, 0.1) is 5.92 Å². The second kappa shape index (κ2) is 8.88. The predicted molar refractivity (Wildman–Crippen MR) is 120 cm³/mol. The maximum absolute atomic E-state index is 13.1. The third-order valence-electron chi connectivity index (χ3n) is 5.62. The van der Waals surface area contributed by atoms with E-state index in [1.165, 1.54) is 0 Å². The Labute approximate surface area is 180 Å². The zero-order chi connectivity index (χ0) is 21.1. The van der Waals surface area contributed by atoms with Crippen molar-refractivity contribution in [2.75, 3.05) is 18.0 Å². The van der Waals surface area contributed by atoms with Gasteiger partial charge in [-0.1, -0.05) is 35.9 Å². The molecule has 1 N–H and O–H groups in total. The van der Waals surface area contributed by atoms with Crippen LogP contribution in [0.4, 0.5) is 5.82 Å². The van der Waals surface area contributed by atoms with Crippen molar-refractivity contribution in [1.82, 2.24) is 14.9 Å². The topological polar surface area (TPSA) is 67.2 Å². The smallest absolute Gasteiger partial charge is 0.293 e. The molecule has 1 fully saturated rings. The molecule has 3 aromatic rings. The summed E-state index contributed by atoms with van der Waals surface area (Å²) in [6.45, 7) is 4.22. The molecule has 30 heavy (non-hydrogen) atoms. The van der Waals surface area contributed by atoms with E-state index in [0.717, 1.165) is 36.0 Å². The largest absolute Gasteiger partial charge is 0.352 e. The Kier molecular flexibility index (Phi) is 6.04. The van der Waals surface area contributed by atoms with Crippen molar-refractivity contribution in [1.29, 1.82) is 0 Å². The van der Waals surface area contributed by atoms with E-state index in [0.29, 0.717) is 30.5 Å². The van der Waals surface area contributed by atoms with Gasteiger partial charge in [0.1, 0.15) is 0 Å². The van der Waals surface area contributed by atoms with Gasteiger partial charge in [-0.05, 0) is 49.6 Å². The van der Waals surface area contributed by atoms with Gasteiger partial charge in [-0.3, -0.25) is 9.59 Å². The zero-order valence-corrected chi connectivity index (χ0v) is 17.7. The van der Waals surface area contributed by atoms with Crippen LogP contribution < -0.4 is 15.8 Å². The van der Waals surface area contributed by atoms with Gasteiger partial charge in [0.15, 0.2) is 5.82 Å². The van der Waals surface area contributed by atoms with Gasteiger partial charge in [-0.15, -0.1) is 0 Å². The summed E-state index contributed by atoms with van der Waals surface area (Å²) >= 11 is 5.92. The van der Waals surface area contributed by atoms with Gasteiger partial charge < -0.3 is 14.8 Å². The Morgan fingerprint density at radius 2 is 1.97 bits per heavy atom. The molecule has 0 radical (unpaired) electrons. The fraction of sp³-hybridized carbons (Fsp3) is 0.348. The number of para-hydroxylation sites is 2. The third-order valence-corrected chi connectivity index (χ3v) is 5.88. The number of nitrogens with one attached hydrogen (secondary N) is 1. The maximum atomic E-state index is 13.1. The molecule has 0 unspecified atom stereocenters. The Bertz CT molecular complexity index is 1110. The van der Waals surface area contributed by atoms with Crippen LogP contribution in [0.5, 0.6) is 0 Å². The molecule has 1 saturated heterocycles. The number of aryl methyl sites for hydroxylation is 1. The fourth-order valence-electron chi connectivity index (χ4n) is 4.02. The number of hydrogen-bond acceptors (Lipinski definition) is 4. The zero-order valence-electron chi connectivity index (χ0n) is 17.0. The van der Waals surface area contributed by atoms with Crippen molar-refractivity contribution < 1.29 is 4.79 Å². The summed E-state index contributed by atoms with van der Waals surface area (Å²) in [6, 6.07) is 15.1. The van der Waals surface area contributed by atoms with Crippen LogP contribution in [-0.2, 0) is 17.9 Å². The molecule has 1 atom stereocenters. The summed E-state index contributed by atoms with van der Waals surface area (Å²) in [5.41, 5.74) is 2.53. The molecule has 2 heterocycles. The number of halogens is 1. The summed E-state index contributed by atoms with van der Waals surface area (Å²) in [5.74, 6) is 0.269. The molecule has 1 aliphatic rings. The number of benzene rings is 2. The highest BCUT2D eigenvalue weighted by atomic mass is 35.5. The number of fused-ring (bicyclic) bond motifs is 1. The molecule has 2 aromatic carbocycles. The number of amides is 1. The highest BCUT2D eigenvalue weighted by molar-refractivity contribution is 6.30. The van der Waals surface area contributed by atoms with Crippen molar-refractivity contribution in [3.8, 4) is 0 Å². The van der Waals surface area contributed by atoms with Crippen molar-refractivity contribution >= 4 is 34.4 Å². The van der Waals surface area contributed by atoms with E-state index in [4.69, 9.17) is 11.6 Å². The quantitative estimate of drug-likeness (QED) is 0.679. The van der Waals surface area contributed by atoms with E-state index in [2.05, 4.69) is 10.3 Å². The standard InChI is InChI=1S/C23H25ClN4O2/c1-2-28-20-8-4-3-7-19(20)26-21(23(28)30)27-13-5-6-17(15-27)22(29)25-14-16-9-11-18(24)12-10-16/h3-4,7-12,17H,2,5-6,13-15H2,1H3,(H,25,29)/t17-/m1/s1. The molecule has 1 aliphatic heterocycles. The van der Waals surface area contributed by atoms with E-state index < -0.39 is 0 Å². The number of carbonyl (C=O) groups excluding carboxylic acids is 1.